The maximum absolute atomic E-state index is 5.71. The predicted molar refractivity (Wildman–Crippen MR) is 222 cm³/mol. The second-order valence-corrected chi connectivity index (χ2v) is 12.5. The molecule has 3 rings (SSSR count). The van der Waals surface area contributed by atoms with Crippen LogP contribution in [0.3, 0.4) is 0 Å². The van der Waals surface area contributed by atoms with Gasteiger partial charge in [-0.1, -0.05) is 93.4 Å². The van der Waals surface area contributed by atoms with E-state index in [4.69, 9.17) is 31.9 Å². The van der Waals surface area contributed by atoms with Crippen molar-refractivity contribution >= 4 is 43.3 Å². The molecule has 0 unspecified atom stereocenters. The Morgan fingerprint density at radius 3 is 1.80 bits per heavy atom. The maximum Gasteiger partial charge on any atom is 0.182 e. The standard InChI is InChI=1S/C12H17BN.C11H15BN.C9H14BN2S.C8H13BNO.4Y/c1-3-11-6-5-7-12(10-11)8-9-14(13)4-2;1-2-13(12)10-6-9-11-7-4-3-5-8-11;1-2-12(10)7-4-3-5-9-11-6-8-13-9;1-3-10(9)7-5-4-6-8-11-2;;;;/h5-7,10H,1,3-4,8-9H2,2H3;4-5,7-8H,2,6,9-10H2,1H3;6H,2-5,7H2,1H3;2-3,5,7-8H2,1H3;;;;/q4*-1;;;;. The number of unbranched alkanes of at least 4 members (excludes halogenated alkanes) is 1. The zero-order valence-corrected chi connectivity index (χ0v) is 46.5. The molecule has 1 heterocycles. The molecule has 15 heteroatoms. The fourth-order valence-electron chi connectivity index (χ4n) is 4.24. The van der Waals surface area contributed by atoms with Crippen LogP contribution in [-0.4, -0.2) is 115 Å². The minimum absolute atomic E-state index is 0. The fourth-order valence-corrected chi connectivity index (χ4v) is 4.83. The second-order valence-electron chi connectivity index (χ2n) is 11.6. The largest absolute Gasteiger partial charge is 0.546 e. The molecular formula is C40H59B4N5OSY4-4. The van der Waals surface area contributed by atoms with Gasteiger partial charge in [0.2, 0.25) is 0 Å². The van der Waals surface area contributed by atoms with Crippen LogP contribution in [-0.2, 0) is 161 Å². The van der Waals surface area contributed by atoms with Crippen molar-refractivity contribution in [3.8, 4) is 11.8 Å². The van der Waals surface area contributed by atoms with Crippen LogP contribution in [0.5, 0.6) is 0 Å². The van der Waals surface area contributed by atoms with Crippen LogP contribution in [0, 0.1) is 37.3 Å². The van der Waals surface area contributed by atoms with Gasteiger partial charge in [0, 0.05) is 137 Å². The number of hydrogen-bond donors (Lipinski definition) is 0. The molecule has 284 valence electrons. The van der Waals surface area contributed by atoms with Gasteiger partial charge in [0.05, 0.1) is 6.61 Å². The molecule has 1 aromatic heterocycles. The molecule has 0 aliphatic rings. The molecule has 0 bridgehead atoms. The van der Waals surface area contributed by atoms with Crippen molar-refractivity contribution in [3.05, 3.63) is 102 Å². The van der Waals surface area contributed by atoms with Crippen LogP contribution in [0.15, 0.2) is 54.7 Å². The van der Waals surface area contributed by atoms with Crippen LogP contribution in [0.25, 0.3) is 0 Å². The van der Waals surface area contributed by atoms with Gasteiger partial charge in [-0.2, -0.15) is 47.7 Å². The first kappa shape index (κ1) is 66.2. The van der Waals surface area contributed by atoms with E-state index in [1.807, 2.05) is 33.5 Å². The summed E-state index contributed by atoms with van der Waals surface area (Å²) in [5, 5.41) is 4.17. The van der Waals surface area contributed by atoms with E-state index in [9.17, 15) is 0 Å². The zero-order chi connectivity index (χ0) is 38.0. The summed E-state index contributed by atoms with van der Waals surface area (Å²) >= 11 is 1.61. The van der Waals surface area contributed by atoms with E-state index in [1.54, 1.807) is 22.3 Å². The van der Waals surface area contributed by atoms with Crippen molar-refractivity contribution in [3.63, 3.8) is 0 Å². The smallest absolute Gasteiger partial charge is 0.182 e. The molecule has 12 radical (unpaired) electrons. The summed E-state index contributed by atoms with van der Waals surface area (Å²) in [5.41, 5.74) is 4.00. The molecule has 0 fully saturated rings. The van der Waals surface area contributed by atoms with Crippen molar-refractivity contribution in [1.29, 1.82) is 0 Å². The van der Waals surface area contributed by atoms with E-state index < -0.39 is 0 Å². The predicted octanol–water partition coefficient (Wildman–Crippen LogP) is 6.09. The molecule has 0 saturated carbocycles. The SMILES string of the molecule is [B]N(CC)CCC#CCO[CH2-].[B]N(CC)CCCCc1nc[c-]s1.[B]N(CC)CCCc1cc[c-]cc1.[B]N(CC)CCc1cccc(C[CH2-])c1.[Y].[Y].[Y].[Y]. The molecule has 0 saturated heterocycles. The van der Waals surface area contributed by atoms with E-state index in [2.05, 4.69) is 104 Å². The first-order valence-electron chi connectivity index (χ1n) is 18.2. The van der Waals surface area contributed by atoms with E-state index >= 15 is 0 Å². The number of aryl methyl sites for hydroxylation is 2. The summed E-state index contributed by atoms with van der Waals surface area (Å²) in [4.78, 5) is 11.4. The van der Waals surface area contributed by atoms with Gasteiger partial charge in [-0.15, -0.1) is 0 Å². The fraction of sp³-hybridized carbons (Fsp3) is 0.525. The van der Waals surface area contributed by atoms with Crippen LogP contribution in [0.2, 0.25) is 0 Å². The summed E-state index contributed by atoms with van der Waals surface area (Å²) in [6, 6.07) is 19.7. The molecule has 0 spiro atoms. The molecule has 3 aromatic rings. The summed E-state index contributed by atoms with van der Waals surface area (Å²) in [6.45, 7) is 19.7. The van der Waals surface area contributed by atoms with Crippen molar-refractivity contribution in [2.45, 2.75) is 79.1 Å². The number of ether oxygens (including phenoxy) is 1. The quantitative estimate of drug-likeness (QED) is 0.0591. The van der Waals surface area contributed by atoms with Crippen LogP contribution < -0.4 is 0 Å². The van der Waals surface area contributed by atoms with Gasteiger partial charge in [-0.3, -0.25) is 0 Å². The average Bonchev–Trinajstić information content (AvgIpc) is 3.70. The molecule has 0 atom stereocenters. The first-order valence-corrected chi connectivity index (χ1v) is 19.0. The summed E-state index contributed by atoms with van der Waals surface area (Å²) < 4.78 is 4.51. The third-order valence-corrected chi connectivity index (χ3v) is 8.41. The maximum atomic E-state index is 5.71. The number of nitrogens with zero attached hydrogens (tertiary/aromatic N) is 5. The molecular weight excluding hydrogens is 997 g/mol. The van der Waals surface area contributed by atoms with Crippen LogP contribution >= 0.6 is 11.3 Å². The first-order chi connectivity index (χ1) is 24.7. The van der Waals surface area contributed by atoms with E-state index in [0.717, 1.165) is 104 Å². The van der Waals surface area contributed by atoms with Gasteiger partial charge in [-0.25, -0.2) is 7.11 Å². The Labute approximate surface area is 448 Å². The Hall–Kier alpha value is 2.11. The number of benzene rings is 2. The third-order valence-electron chi connectivity index (χ3n) is 7.64. The topological polar surface area (TPSA) is 35.1 Å². The minimum Gasteiger partial charge on any atom is -0.546 e. The Morgan fingerprint density at radius 1 is 0.691 bits per heavy atom. The van der Waals surface area contributed by atoms with Gasteiger partial charge >= 0.3 is 0 Å². The molecule has 6 nitrogen and oxygen atoms in total. The molecule has 2 aromatic carbocycles. The van der Waals surface area contributed by atoms with Crippen molar-refractivity contribution in [2.75, 3.05) is 59.0 Å². The number of likely N-dealkylation sites (N-methyl/N-ethyl adjacent to an activating group) is 1. The third kappa shape index (κ3) is 42.6. The van der Waals surface area contributed by atoms with E-state index in [0.29, 0.717) is 6.61 Å². The summed E-state index contributed by atoms with van der Waals surface area (Å²) in [7, 11) is 25.7. The van der Waals surface area contributed by atoms with Crippen molar-refractivity contribution < 1.29 is 136 Å². The van der Waals surface area contributed by atoms with Gasteiger partial charge in [0.1, 0.15) is 0 Å². The van der Waals surface area contributed by atoms with Crippen LogP contribution in [0.4, 0.5) is 0 Å². The Morgan fingerprint density at radius 2 is 1.25 bits per heavy atom. The minimum atomic E-state index is 0. The normalized spacial score (nSPS) is 9.71. The van der Waals surface area contributed by atoms with E-state index in [1.165, 1.54) is 21.7 Å². The monoisotopic (exact) mass is 1060 g/mol. The summed E-state index contributed by atoms with van der Waals surface area (Å²) in [5.74, 6) is 5.71. The average molecular weight is 1060 g/mol. The zero-order valence-electron chi connectivity index (χ0n) is 34.3. The van der Waals surface area contributed by atoms with Gasteiger partial charge < -0.3 is 47.2 Å². The van der Waals surface area contributed by atoms with Crippen molar-refractivity contribution in [2.24, 2.45) is 0 Å². The Bertz CT molecular complexity index is 1250. The number of aromatic nitrogens is 1. The summed E-state index contributed by atoms with van der Waals surface area (Å²) in [6.07, 6.45) is 9.97. The molecule has 0 aliphatic carbocycles. The van der Waals surface area contributed by atoms with Gasteiger partial charge in [0.25, 0.3) is 0 Å². The second kappa shape index (κ2) is 48.8. The Kier molecular flexibility index (Phi) is 58.7. The molecule has 0 aliphatic heterocycles. The molecule has 0 N–H and O–H groups in total. The van der Waals surface area contributed by atoms with E-state index in [-0.39, 0.29) is 131 Å². The van der Waals surface area contributed by atoms with Crippen LogP contribution in [0.1, 0.15) is 75.1 Å². The van der Waals surface area contributed by atoms with Gasteiger partial charge in [0.15, 0.2) is 31.9 Å². The molecule has 55 heavy (non-hydrogen) atoms. The Balaban J connectivity index is -0.000000198. The van der Waals surface area contributed by atoms with Gasteiger partial charge in [-0.05, 0) is 83.6 Å². The number of thiazole rings is 1. The van der Waals surface area contributed by atoms with Crippen molar-refractivity contribution in [1.82, 2.24) is 24.2 Å². The molecule has 0 amide bonds. The number of rotatable bonds is 20. The number of hydrogen-bond acceptors (Lipinski definition) is 7.